The zero-order valence-corrected chi connectivity index (χ0v) is 10.5. The highest BCUT2D eigenvalue weighted by Crippen LogP contribution is 2.21. The van der Waals surface area contributed by atoms with Crippen LogP contribution in [-0.2, 0) is 0 Å². The van der Waals surface area contributed by atoms with Crippen LogP contribution in [0.3, 0.4) is 0 Å². The lowest BCUT2D eigenvalue weighted by molar-refractivity contribution is 0.532. The van der Waals surface area contributed by atoms with Gasteiger partial charge in [-0.15, -0.1) is 0 Å². The summed E-state index contributed by atoms with van der Waals surface area (Å²) in [5, 5.41) is 4.01. The Balaban J connectivity index is 2.46. The molecule has 0 spiro atoms. The van der Waals surface area contributed by atoms with E-state index >= 15 is 0 Å². The van der Waals surface area contributed by atoms with Crippen LogP contribution in [0.5, 0.6) is 0 Å². The quantitative estimate of drug-likeness (QED) is 0.774. The lowest BCUT2D eigenvalue weighted by Gasteiger charge is -2.03. The second kappa shape index (κ2) is 4.41. The Labute approximate surface area is 103 Å². The zero-order valence-electron chi connectivity index (χ0n) is 9.78. The van der Waals surface area contributed by atoms with Gasteiger partial charge in [0.15, 0.2) is 16.8 Å². The molecule has 0 fully saturated rings. The van der Waals surface area contributed by atoms with Gasteiger partial charge in [0.1, 0.15) is 0 Å². The molecule has 2 aromatic heterocycles. The van der Waals surface area contributed by atoms with Crippen LogP contribution in [0, 0.1) is 12.7 Å². The van der Waals surface area contributed by atoms with Crippen molar-refractivity contribution in [3.05, 3.63) is 29.1 Å². The molecule has 17 heavy (non-hydrogen) atoms. The highest BCUT2D eigenvalue weighted by Gasteiger charge is 2.12. The molecule has 0 aliphatic heterocycles. The number of aryl methyl sites for hydroxylation is 1. The summed E-state index contributed by atoms with van der Waals surface area (Å²) in [6.07, 6.45) is 3.46. The van der Waals surface area contributed by atoms with E-state index in [0.717, 1.165) is 5.56 Å². The molecule has 90 valence electrons. The third-order valence-corrected chi connectivity index (χ3v) is 2.62. The van der Waals surface area contributed by atoms with E-state index in [2.05, 4.69) is 15.1 Å². The zero-order chi connectivity index (χ0) is 12.6. The van der Waals surface area contributed by atoms with E-state index in [4.69, 9.17) is 11.6 Å². The van der Waals surface area contributed by atoms with E-state index in [1.807, 2.05) is 20.0 Å². The molecule has 0 unspecified atom stereocenters. The van der Waals surface area contributed by atoms with E-state index < -0.39 is 5.82 Å². The lowest BCUT2D eigenvalue weighted by atomic mass is 10.3. The highest BCUT2D eigenvalue weighted by atomic mass is 35.5. The van der Waals surface area contributed by atoms with Gasteiger partial charge in [-0.3, -0.25) is 4.68 Å². The second-order valence-electron chi connectivity index (χ2n) is 4.04. The van der Waals surface area contributed by atoms with Crippen molar-refractivity contribution in [3.63, 3.8) is 0 Å². The van der Waals surface area contributed by atoms with Crippen molar-refractivity contribution < 1.29 is 4.39 Å². The predicted octanol–water partition coefficient (Wildman–Crippen LogP) is 3.02. The molecule has 2 aromatic rings. The molecule has 2 rings (SSSR count). The highest BCUT2D eigenvalue weighted by molar-refractivity contribution is 6.29. The van der Waals surface area contributed by atoms with Crippen molar-refractivity contribution in [1.82, 2.24) is 19.7 Å². The molecule has 0 aliphatic carbocycles. The van der Waals surface area contributed by atoms with E-state index in [0.29, 0.717) is 5.82 Å². The van der Waals surface area contributed by atoms with Crippen LogP contribution in [-0.4, -0.2) is 19.7 Å². The van der Waals surface area contributed by atoms with Crippen LogP contribution in [0.2, 0.25) is 5.15 Å². The summed E-state index contributed by atoms with van der Waals surface area (Å²) >= 11 is 5.69. The first-order valence-electron chi connectivity index (χ1n) is 5.23. The van der Waals surface area contributed by atoms with Gasteiger partial charge in [0.25, 0.3) is 0 Å². The Kier molecular flexibility index (Phi) is 3.11. The first-order valence-corrected chi connectivity index (χ1v) is 5.61. The smallest absolute Gasteiger partial charge is 0.181 e. The molecule has 0 radical (unpaired) electrons. The number of rotatable bonds is 2. The predicted molar refractivity (Wildman–Crippen MR) is 63.3 cm³/mol. The molecule has 0 N–H and O–H groups in total. The molecular formula is C11H12ClFN4. The maximum absolute atomic E-state index is 13.3. The Bertz CT molecular complexity index is 527. The molecule has 2 heterocycles. The molecule has 0 aliphatic rings. The van der Waals surface area contributed by atoms with Gasteiger partial charge in [-0.1, -0.05) is 11.6 Å². The van der Waals surface area contributed by atoms with Crippen LogP contribution >= 0.6 is 11.6 Å². The summed E-state index contributed by atoms with van der Waals surface area (Å²) in [5.41, 5.74) is 0.959. The first kappa shape index (κ1) is 12.0. The van der Waals surface area contributed by atoms with Crippen LogP contribution in [0.15, 0.2) is 12.4 Å². The van der Waals surface area contributed by atoms with Gasteiger partial charge in [0.05, 0.1) is 17.5 Å². The second-order valence-corrected chi connectivity index (χ2v) is 4.40. The molecular weight excluding hydrogens is 243 g/mol. The normalized spacial score (nSPS) is 11.2. The van der Waals surface area contributed by atoms with Gasteiger partial charge in [0.2, 0.25) is 0 Å². The van der Waals surface area contributed by atoms with Gasteiger partial charge in [-0.05, 0) is 20.8 Å². The Morgan fingerprint density at radius 2 is 2.06 bits per heavy atom. The maximum atomic E-state index is 13.3. The molecule has 0 amide bonds. The summed E-state index contributed by atoms with van der Waals surface area (Å²) in [6.45, 7) is 5.58. The molecule has 6 heteroatoms. The van der Waals surface area contributed by atoms with Gasteiger partial charge in [-0.2, -0.15) is 5.10 Å². The van der Waals surface area contributed by atoms with Crippen molar-refractivity contribution in [2.24, 2.45) is 0 Å². The lowest BCUT2D eigenvalue weighted by Crippen LogP contribution is -2.00. The Morgan fingerprint density at radius 3 is 2.59 bits per heavy atom. The minimum absolute atomic E-state index is 0.162. The van der Waals surface area contributed by atoms with Crippen molar-refractivity contribution in [2.75, 3.05) is 0 Å². The molecule has 0 aromatic carbocycles. The standard InChI is InChI=1S/C11H12ClFN4/c1-6(2)17-5-8(4-14-17)11-15-7(3)9(13)10(12)16-11/h4-6H,1-3H3. The minimum atomic E-state index is -0.577. The third kappa shape index (κ3) is 2.29. The maximum Gasteiger partial charge on any atom is 0.181 e. The first-order chi connectivity index (χ1) is 7.99. The van der Waals surface area contributed by atoms with E-state index in [-0.39, 0.29) is 16.9 Å². The van der Waals surface area contributed by atoms with Crippen molar-refractivity contribution in [1.29, 1.82) is 0 Å². The van der Waals surface area contributed by atoms with Crippen LogP contribution in [0.4, 0.5) is 4.39 Å². The van der Waals surface area contributed by atoms with Crippen molar-refractivity contribution in [3.8, 4) is 11.4 Å². The van der Waals surface area contributed by atoms with Gasteiger partial charge in [-0.25, -0.2) is 14.4 Å². The monoisotopic (exact) mass is 254 g/mol. The third-order valence-electron chi connectivity index (χ3n) is 2.37. The van der Waals surface area contributed by atoms with E-state index in [1.54, 1.807) is 17.8 Å². The van der Waals surface area contributed by atoms with Crippen molar-refractivity contribution in [2.45, 2.75) is 26.8 Å². The largest absolute Gasteiger partial charge is 0.270 e. The number of hydrogen-bond donors (Lipinski definition) is 0. The fourth-order valence-electron chi connectivity index (χ4n) is 1.39. The molecule has 0 saturated carbocycles. The van der Waals surface area contributed by atoms with Gasteiger partial charge in [0, 0.05) is 12.2 Å². The summed E-state index contributed by atoms with van der Waals surface area (Å²) in [5.74, 6) is -0.188. The van der Waals surface area contributed by atoms with E-state index in [9.17, 15) is 4.39 Å². The molecule has 4 nitrogen and oxygen atoms in total. The summed E-state index contributed by atoms with van der Waals surface area (Å²) < 4.78 is 15.1. The number of hydrogen-bond acceptors (Lipinski definition) is 3. The summed E-state index contributed by atoms with van der Waals surface area (Å²) in [4.78, 5) is 7.96. The fraction of sp³-hybridized carbons (Fsp3) is 0.364. The molecule has 0 saturated heterocycles. The van der Waals surface area contributed by atoms with Crippen LogP contribution in [0.25, 0.3) is 11.4 Å². The average molecular weight is 255 g/mol. The fourth-order valence-corrected chi connectivity index (χ4v) is 1.61. The number of aromatic nitrogens is 4. The van der Waals surface area contributed by atoms with Crippen LogP contribution < -0.4 is 0 Å². The van der Waals surface area contributed by atoms with Crippen molar-refractivity contribution >= 4 is 11.6 Å². The SMILES string of the molecule is Cc1nc(-c2cnn(C(C)C)c2)nc(Cl)c1F. The topological polar surface area (TPSA) is 43.6 Å². The Hall–Kier alpha value is -1.49. The van der Waals surface area contributed by atoms with Crippen LogP contribution in [0.1, 0.15) is 25.6 Å². The molecule has 0 bridgehead atoms. The van der Waals surface area contributed by atoms with Gasteiger partial charge < -0.3 is 0 Å². The number of halogens is 2. The Morgan fingerprint density at radius 1 is 1.35 bits per heavy atom. The van der Waals surface area contributed by atoms with E-state index in [1.165, 1.54) is 0 Å². The molecule has 0 atom stereocenters. The number of nitrogens with zero attached hydrogens (tertiary/aromatic N) is 4. The van der Waals surface area contributed by atoms with Gasteiger partial charge >= 0.3 is 0 Å². The average Bonchev–Trinajstić information content (AvgIpc) is 2.74. The summed E-state index contributed by atoms with van der Waals surface area (Å²) in [7, 11) is 0. The minimum Gasteiger partial charge on any atom is -0.270 e. The summed E-state index contributed by atoms with van der Waals surface area (Å²) in [6, 6.07) is 0.251.